The molecule has 2 heterocycles. The highest BCUT2D eigenvalue weighted by atomic mass is 79.9. The number of hydrogen-bond acceptors (Lipinski definition) is 2. The number of benzene rings is 1. The third-order valence-electron chi connectivity index (χ3n) is 4.08. The number of hydrogen-bond donors (Lipinski definition) is 0. The fraction of sp³-hybridized carbons (Fsp3) is 0.533. The maximum absolute atomic E-state index is 14.0. The van der Waals surface area contributed by atoms with E-state index in [1.807, 2.05) is 6.92 Å². The van der Waals surface area contributed by atoms with Gasteiger partial charge in [-0.25, -0.2) is 9.37 Å². The molecule has 6 heteroatoms. The Kier molecular flexibility index (Phi) is 4.26. The summed E-state index contributed by atoms with van der Waals surface area (Å²) in [6.07, 6.45) is 2.21. The summed E-state index contributed by atoms with van der Waals surface area (Å²) in [5.41, 5.74) is 1.62. The van der Waals surface area contributed by atoms with Crippen LogP contribution in [0.3, 0.4) is 0 Å². The SMILES string of the molecule is CC(Cl)c1nc2cc(Br)c(F)cc2n1C1CCCN(C)C1. The van der Waals surface area contributed by atoms with Crippen LogP contribution in [0.5, 0.6) is 0 Å². The van der Waals surface area contributed by atoms with Crippen LogP contribution >= 0.6 is 27.5 Å². The predicted molar refractivity (Wildman–Crippen MR) is 87.4 cm³/mol. The molecule has 0 spiro atoms. The smallest absolute Gasteiger partial charge is 0.139 e. The molecule has 1 aliphatic rings. The van der Waals surface area contributed by atoms with Crippen LogP contribution < -0.4 is 0 Å². The fourth-order valence-corrected chi connectivity index (χ4v) is 3.61. The van der Waals surface area contributed by atoms with Crippen molar-refractivity contribution in [2.45, 2.75) is 31.2 Å². The molecule has 1 fully saturated rings. The third-order valence-corrected chi connectivity index (χ3v) is 4.88. The van der Waals surface area contributed by atoms with Crippen LogP contribution in [-0.2, 0) is 0 Å². The Morgan fingerprint density at radius 1 is 1.48 bits per heavy atom. The van der Waals surface area contributed by atoms with Crippen LogP contribution in [0.2, 0.25) is 0 Å². The highest BCUT2D eigenvalue weighted by Gasteiger charge is 2.25. The van der Waals surface area contributed by atoms with Crippen molar-refractivity contribution >= 4 is 38.6 Å². The molecule has 3 nitrogen and oxygen atoms in total. The number of likely N-dealkylation sites (tertiary alicyclic amines) is 1. The summed E-state index contributed by atoms with van der Waals surface area (Å²) in [5, 5.41) is -0.202. The van der Waals surface area contributed by atoms with Crippen molar-refractivity contribution in [2.75, 3.05) is 20.1 Å². The second-order valence-electron chi connectivity index (χ2n) is 5.77. The molecule has 2 aromatic rings. The van der Waals surface area contributed by atoms with Crippen molar-refractivity contribution in [2.24, 2.45) is 0 Å². The van der Waals surface area contributed by atoms with Crippen LogP contribution in [0.1, 0.15) is 37.0 Å². The van der Waals surface area contributed by atoms with E-state index >= 15 is 0 Å². The number of alkyl halides is 1. The molecule has 0 radical (unpaired) electrons. The van der Waals surface area contributed by atoms with Gasteiger partial charge in [-0.1, -0.05) is 0 Å². The average Bonchev–Trinajstić information content (AvgIpc) is 2.78. The first-order valence-corrected chi connectivity index (χ1v) is 8.40. The number of fused-ring (bicyclic) bond motifs is 1. The second kappa shape index (κ2) is 5.86. The van der Waals surface area contributed by atoms with Gasteiger partial charge in [0.1, 0.15) is 11.6 Å². The lowest BCUT2D eigenvalue weighted by molar-refractivity contribution is 0.212. The zero-order valence-corrected chi connectivity index (χ0v) is 14.5. The van der Waals surface area contributed by atoms with E-state index in [2.05, 4.69) is 37.4 Å². The quantitative estimate of drug-likeness (QED) is 0.721. The molecule has 1 aromatic heterocycles. The number of aromatic nitrogens is 2. The Hall–Kier alpha value is -0.650. The topological polar surface area (TPSA) is 21.1 Å². The summed E-state index contributed by atoms with van der Waals surface area (Å²) in [5.74, 6) is 0.561. The van der Waals surface area contributed by atoms with Crippen LogP contribution in [0.25, 0.3) is 11.0 Å². The van der Waals surface area contributed by atoms with Gasteiger partial charge in [-0.3, -0.25) is 0 Å². The summed E-state index contributed by atoms with van der Waals surface area (Å²) in [6.45, 7) is 3.96. The predicted octanol–water partition coefficient (Wildman–Crippen LogP) is 4.50. The minimum Gasteiger partial charge on any atom is -0.322 e. The molecular formula is C15H18BrClFN3. The van der Waals surface area contributed by atoms with Crippen molar-refractivity contribution in [3.8, 4) is 0 Å². The number of halogens is 3. The first-order valence-electron chi connectivity index (χ1n) is 7.17. The highest BCUT2D eigenvalue weighted by molar-refractivity contribution is 9.10. The van der Waals surface area contributed by atoms with Gasteiger partial charge in [0.15, 0.2) is 0 Å². The molecule has 21 heavy (non-hydrogen) atoms. The number of piperidine rings is 1. The Morgan fingerprint density at radius 2 is 2.24 bits per heavy atom. The molecule has 1 saturated heterocycles. The van der Waals surface area contributed by atoms with E-state index in [4.69, 9.17) is 11.6 Å². The molecule has 114 valence electrons. The molecular weight excluding hydrogens is 357 g/mol. The lowest BCUT2D eigenvalue weighted by atomic mass is 10.1. The van der Waals surface area contributed by atoms with Gasteiger partial charge in [-0.15, -0.1) is 11.6 Å². The van der Waals surface area contributed by atoms with Crippen molar-refractivity contribution in [3.63, 3.8) is 0 Å². The molecule has 0 saturated carbocycles. The van der Waals surface area contributed by atoms with Gasteiger partial charge >= 0.3 is 0 Å². The average molecular weight is 375 g/mol. The minimum atomic E-state index is -0.262. The van der Waals surface area contributed by atoms with Crippen LogP contribution in [0.15, 0.2) is 16.6 Å². The van der Waals surface area contributed by atoms with Crippen LogP contribution in [0.4, 0.5) is 4.39 Å². The van der Waals surface area contributed by atoms with E-state index in [0.717, 1.165) is 42.8 Å². The number of nitrogens with zero attached hydrogens (tertiary/aromatic N) is 3. The lowest BCUT2D eigenvalue weighted by Crippen LogP contribution is -2.34. The Bertz CT molecular complexity index is 670. The number of likely N-dealkylation sites (N-methyl/N-ethyl adjacent to an activating group) is 1. The first-order chi connectivity index (χ1) is 9.97. The molecule has 1 aromatic carbocycles. The molecule has 1 aliphatic heterocycles. The normalized spacial score (nSPS) is 21.9. The van der Waals surface area contributed by atoms with E-state index in [9.17, 15) is 4.39 Å². The number of rotatable bonds is 2. The van der Waals surface area contributed by atoms with Gasteiger partial charge in [-0.2, -0.15) is 0 Å². The Labute approximate surface area is 137 Å². The van der Waals surface area contributed by atoms with Gasteiger partial charge in [-0.05, 0) is 55.4 Å². The maximum atomic E-state index is 14.0. The largest absolute Gasteiger partial charge is 0.322 e. The van der Waals surface area contributed by atoms with E-state index < -0.39 is 0 Å². The minimum absolute atomic E-state index is 0.202. The van der Waals surface area contributed by atoms with Crippen LogP contribution in [-0.4, -0.2) is 34.6 Å². The van der Waals surface area contributed by atoms with Crippen molar-refractivity contribution in [1.29, 1.82) is 0 Å². The summed E-state index contributed by atoms with van der Waals surface area (Å²) in [7, 11) is 2.12. The van der Waals surface area contributed by atoms with Crippen molar-refractivity contribution < 1.29 is 4.39 Å². The molecule has 2 atom stereocenters. The van der Waals surface area contributed by atoms with E-state index in [1.54, 1.807) is 12.1 Å². The standard InChI is InChI=1S/C15H18BrClFN3/c1-9(17)15-19-13-6-11(16)12(18)7-14(13)21(15)10-4-3-5-20(2)8-10/h6-7,9-10H,3-5,8H2,1-2H3. The highest BCUT2D eigenvalue weighted by Crippen LogP contribution is 2.33. The van der Waals surface area contributed by atoms with Gasteiger partial charge in [0.05, 0.1) is 20.9 Å². The van der Waals surface area contributed by atoms with Gasteiger partial charge < -0.3 is 9.47 Å². The van der Waals surface area contributed by atoms with E-state index in [-0.39, 0.29) is 11.2 Å². The molecule has 3 rings (SSSR count). The van der Waals surface area contributed by atoms with Gasteiger partial charge in [0, 0.05) is 18.7 Å². The zero-order chi connectivity index (χ0) is 15.1. The van der Waals surface area contributed by atoms with Gasteiger partial charge in [0.2, 0.25) is 0 Å². The summed E-state index contributed by atoms with van der Waals surface area (Å²) < 4.78 is 16.5. The van der Waals surface area contributed by atoms with E-state index in [0.29, 0.717) is 10.5 Å². The van der Waals surface area contributed by atoms with E-state index in [1.165, 1.54) is 0 Å². The first kappa shape index (κ1) is 15.3. The summed E-state index contributed by atoms with van der Waals surface area (Å²) in [6, 6.07) is 3.59. The lowest BCUT2D eigenvalue weighted by Gasteiger charge is -2.32. The monoisotopic (exact) mass is 373 g/mol. The fourth-order valence-electron chi connectivity index (χ4n) is 3.12. The molecule has 0 amide bonds. The second-order valence-corrected chi connectivity index (χ2v) is 7.28. The van der Waals surface area contributed by atoms with Crippen molar-refractivity contribution in [3.05, 3.63) is 28.2 Å². The van der Waals surface area contributed by atoms with Gasteiger partial charge in [0.25, 0.3) is 0 Å². The van der Waals surface area contributed by atoms with Crippen LogP contribution in [0, 0.1) is 5.82 Å². The zero-order valence-electron chi connectivity index (χ0n) is 12.1. The summed E-state index contributed by atoms with van der Waals surface area (Å²) >= 11 is 9.54. The third kappa shape index (κ3) is 2.83. The molecule has 0 aliphatic carbocycles. The Balaban J connectivity index is 2.17. The maximum Gasteiger partial charge on any atom is 0.139 e. The van der Waals surface area contributed by atoms with Crippen molar-refractivity contribution in [1.82, 2.24) is 14.5 Å². The number of imidazole rings is 1. The molecule has 2 unspecified atom stereocenters. The Morgan fingerprint density at radius 3 is 2.90 bits per heavy atom. The molecule has 0 bridgehead atoms. The molecule has 0 N–H and O–H groups in total. The summed E-state index contributed by atoms with van der Waals surface area (Å²) in [4.78, 5) is 6.93.